The molecule has 0 aromatic carbocycles. The van der Waals surface area contributed by atoms with Gasteiger partial charge in [0.2, 0.25) is 5.16 Å². The summed E-state index contributed by atoms with van der Waals surface area (Å²) >= 11 is 6.87. The second kappa shape index (κ2) is 7.02. The zero-order chi connectivity index (χ0) is 14.6. The Morgan fingerprint density at radius 2 is 2.25 bits per heavy atom. The molecule has 1 N–H and O–H groups in total. The number of thiophene rings is 1. The maximum Gasteiger partial charge on any atom is 0.209 e. The topological polar surface area (TPSA) is 55.6 Å². The van der Waals surface area contributed by atoms with Crippen molar-refractivity contribution in [2.75, 3.05) is 6.54 Å². The predicted octanol–water partition coefficient (Wildman–Crippen LogP) is 3.18. The van der Waals surface area contributed by atoms with Gasteiger partial charge in [-0.2, -0.15) is 0 Å². The zero-order valence-electron chi connectivity index (χ0n) is 11.8. The Bertz CT molecular complexity index is 546. The lowest BCUT2D eigenvalue weighted by Crippen LogP contribution is -2.38. The van der Waals surface area contributed by atoms with Gasteiger partial charge in [0.25, 0.3) is 0 Å². The van der Waals surface area contributed by atoms with Crippen molar-refractivity contribution in [3.63, 3.8) is 0 Å². The molecule has 2 heterocycles. The summed E-state index contributed by atoms with van der Waals surface area (Å²) in [6.45, 7) is 8.08. The van der Waals surface area contributed by atoms with Crippen LogP contribution in [0.4, 0.5) is 0 Å². The summed E-state index contributed by atoms with van der Waals surface area (Å²) < 4.78 is 2.98. The molecule has 110 valence electrons. The van der Waals surface area contributed by atoms with Crippen LogP contribution >= 0.6 is 39.0 Å². The molecule has 0 aliphatic heterocycles. The average molecular weight is 376 g/mol. The van der Waals surface area contributed by atoms with Gasteiger partial charge in [-0.1, -0.05) is 11.8 Å². The van der Waals surface area contributed by atoms with Crippen LogP contribution in [0.2, 0.25) is 0 Å². The normalized spacial score (nSPS) is 12.0. The fourth-order valence-electron chi connectivity index (χ4n) is 1.54. The van der Waals surface area contributed by atoms with E-state index in [0.29, 0.717) is 0 Å². The van der Waals surface area contributed by atoms with Crippen LogP contribution in [-0.2, 0) is 12.3 Å². The number of hydrogen-bond acceptors (Lipinski definition) is 6. The molecule has 2 rings (SSSR count). The van der Waals surface area contributed by atoms with Crippen molar-refractivity contribution >= 4 is 39.0 Å². The highest BCUT2D eigenvalue weighted by atomic mass is 79.9. The third-order valence-electron chi connectivity index (χ3n) is 2.44. The van der Waals surface area contributed by atoms with Gasteiger partial charge in [-0.25, -0.2) is 4.68 Å². The fourth-order valence-corrected chi connectivity index (χ4v) is 3.95. The molecule has 0 fully saturated rings. The molecule has 0 bridgehead atoms. The number of nitrogens with one attached hydrogen (secondary N) is 1. The molecular formula is C12H18BrN5S2. The molecule has 0 unspecified atom stereocenters. The number of halogens is 1. The Hall–Kier alpha value is -0.440. The summed E-state index contributed by atoms with van der Waals surface area (Å²) in [7, 11) is 0. The smallest absolute Gasteiger partial charge is 0.209 e. The lowest BCUT2D eigenvalue weighted by atomic mass is 10.1. The minimum absolute atomic E-state index is 0.116. The first-order valence-electron chi connectivity index (χ1n) is 6.31. The van der Waals surface area contributed by atoms with E-state index in [2.05, 4.69) is 69.0 Å². The molecule has 5 nitrogen and oxygen atoms in total. The van der Waals surface area contributed by atoms with Crippen LogP contribution in [0.25, 0.3) is 0 Å². The second-order valence-electron chi connectivity index (χ2n) is 5.38. The predicted molar refractivity (Wildman–Crippen MR) is 87.2 cm³/mol. The van der Waals surface area contributed by atoms with Crippen LogP contribution < -0.4 is 5.32 Å². The van der Waals surface area contributed by atoms with Crippen molar-refractivity contribution in [2.24, 2.45) is 0 Å². The van der Waals surface area contributed by atoms with E-state index >= 15 is 0 Å². The van der Waals surface area contributed by atoms with Gasteiger partial charge in [-0.15, -0.1) is 16.4 Å². The molecule has 0 saturated carbocycles. The molecule has 2 aromatic rings. The van der Waals surface area contributed by atoms with E-state index in [1.807, 2.05) is 4.68 Å². The number of nitrogens with zero attached hydrogens (tertiary/aromatic N) is 4. The Morgan fingerprint density at radius 3 is 2.90 bits per heavy atom. The highest BCUT2D eigenvalue weighted by Gasteiger charge is 2.11. The SMILES string of the molecule is CC(C)(C)NCCn1nnnc1SCc1cc(Br)cs1. The van der Waals surface area contributed by atoms with Gasteiger partial charge in [0.1, 0.15) is 0 Å². The second-order valence-corrected chi connectivity index (χ2v) is 8.24. The summed E-state index contributed by atoms with van der Waals surface area (Å²) in [5.74, 6) is 0.892. The molecule has 0 saturated heterocycles. The van der Waals surface area contributed by atoms with Crippen LogP contribution in [0.15, 0.2) is 21.1 Å². The molecule has 8 heteroatoms. The van der Waals surface area contributed by atoms with Crippen LogP contribution in [-0.4, -0.2) is 32.3 Å². The summed E-state index contributed by atoms with van der Waals surface area (Å²) in [5.41, 5.74) is 0.116. The van der Waals surface area contributed by atoms with E-state index < -0.39 is 0 Å². The van der Waals surface area contributed by atoms with Crippen molar-refractivity contribution in [3.05, 3.63) is 20.8 Å². The van der Waals surface area contributed by atoms with Crippen LogP contribution in [0.5, 0.6) is 0 Å². The highest BCUT2D eigenvalue weighted by Crippen LogP contribution is 2.26. The van der Waals surface area contributed by atoms with Crippen LogP contribution in [0, 0.1) is 0 Å². The van der Waals surface area contributed by atoms with E-state index in [0.717, 1.165) is 28.5 Å². The highest BCUT2D eigenvalue weighted by molar-refractivity contribution is 9.10. The van der Waals surface area contributed by atoms with E-state index in [9.17, 15) is 0 Å². The lowest BCUT2D eigenvalue weighted by Gasteiger charge is -2.20. The summed E-state index contributed by atoms with van der Waals surface area (Å²) in [5, 5.41) is 18.3. The number of aromatic nitrogens is 4. The third kappa shape index (κ3) is 5.16. The zero-order valence-corrected chi connectivity index (χ0v) is 15.0. The average Bonchev–Trinajstić information content (AvgIpc) is 2.94. The quantitative estimate of drug-likeness (QED) is 0.785. The van der Waals surface area contributed by atoms with E-state index in [-0.39, 0.29) is 5.54 Å². The Labute approximate surface area is 135 Å². The molecule has 0 atom stereocenters. The monoisotopic (exact) mass is 375 g/mol. The van der Waals surface area contributed by atoms with Gasteiger partial charge in [-0.05, 0) is 53.2 Å². The molecular weight excluding hydrogens is 358 g/mol. The van der Waals surface area contributed by atoms with Crippen LogP contribution in [0.1, 0.15) is 25.6 Å². The lowest BCUT2D eigenvalue weighted by molar-refractivity contribution is 0.396. The van der Waals surface area contributed by atoms with Gasteiger partial charge in [0.15, 0.2) is 0 Å². The van der Waals surface area contributed by atoms with Gasteiger partial charge >= 0.3 is 0 Å². The van der Waals surface area contributed by atoms with E-state index in [1.54, 1.807) is 23.1 Å². The molecule has 0 spiro atoms. The molecule has 0 aliphatic carbocycles. The van der Waals surface area contributed by atoms with Crippen molar-refractivity contribution < 1.29 is 0 Å². The molecule has 0 amide bonds. The number of rotatable bonds is 6. The molecule has 2 aromatic heterocycles. The number of tetrazole rings is 1. The first-order chi connectivity index (χ1) is 9.44. The van der Waals surface area contributed by atoms with Gasteiger partial charge in [0.05, 0.1) is 6.54 Å². The Morgan fingerprint density at radius 1 is 1.45 bits per heavy atom. The molecule has 20 heavy (non-hydrogen) atoms. The summed E-state index contributed by atoms with van der Waals surface area (Å²) in [6.07, 6.45) is 0. The summed E-state index contributed by atoms with van der Waals surface area (Å²) in [4.78, 5) is 1.31. The van der Waals surface area contributed by atoms with Crippen molar-refractivity contribution in [1.29, 1.82) is 0 Å². The minimum atomic E-state index is 0.116. The Kier molecular flexibility index (Phi) is 5.59. The van der Waals surface area contributed by atoms with E-state index in [4.69, 9.17) is 0 Å². The largest absolute Gasteiger partial charge is 0.310 e. The van der Waals surface area contributed by atoms with Crippen LogP contribution in [0.3, 0.4) is 0 Å². The van der Waals surface area contributed by atoms with E-state index in [1.165, 1.54) is 4.88 Å². The van der Waals surface area contributed by atoms with Gasteiger partial charge < -0.3 is 5.32 Å². The van der Waals surface area contributed by atoms with Gasteiger partial charge in [-0.3, -0.25) is 0 Å². The Balaban J connectivity index is 1.85. The van der Waals surface area contributed by atoms with Gasteiger partial charge in [0, 0.05) is 32.6 Å². The third-order valence-corrected chi connectivity index (χ3v) is 5.33. The summed E-state index contributed by atoms with van der Waals surface area (Å²) in [6, 6.07) is 2.13. The fraction of sp³-hybridized carbons (Fsp3) is 0.583. The molecule has 0 aliphatic rings. The maximum absolute atomic E-state index is 4.08. The minimum Gasteiger partial charge on any atom is -0.310 e. The van der Waals surface area contributed by atoms with Crippen molar-refractivity contribution in [1.82, 2.24) is 25.5 Å². The first kappa shape index (κ1) is 15.9. The number of thioether (sulfide) groups is 1. The standard InChI is InChI=1S/C12H18BrN5S2/c1-12(2,3)14-4-5-18-11(15-16-17-18)20-8-10-6-9(13)7-19-10/h6-7,14H,4-5,8H2,1-3H3. The maximum atomic E-state index is 4.08. The molecule has 0 radical (unpaired) electrons. The number of hydrogen-bond donors (Lipinski definition) is 1. The first-order valence-corrected chi connectivity index (χ1v) is 8.97. The van der Waals surface area contributed by atoms with Crippen molar-refractivity contribution in [2.45, 2.75) is 43.8 Å². The van der Waals surface area contributed by atoms with Crippen molar-refractivity contribution in [3.8, 4) is 0 Å².